The van der Waals surface area contributed by atoms with E-state index in [1.807, 2.05) is 24.3 Å². The van der Waals surface area contributed by atoms with Gasteiger partial charge in [0.2, 0.25) is 6.29 Å². The molecule has 0 aromatic heterocycles. The van der Waals surface area contributed by atoms with E-state index >= 15 is 0 Å². The predicted octanol–water partition coefficient (Wildman–Crippen LogP) is 3.65. The second kappa shape index (κ2) is 10.00. The third kappa shape index (κ3) is 4.79. The van der Waals surface area contributed by atoms with Crippen molar-refractivity contribution in [2.75, 3.05) is 25.4 Å². The molecule has 4 rings (SSSR count). The maximum absolute atomic E-state index is 12.0. The Morgan fingerprint density at radius 1 is 1.17 bits per heavy atom. The maximum atomic E-state index is 12.0. The number of rotatable bonds is 4. The molecule has 0 bridgehead atoms. The Morgan fingerprint density at radius 2 is 1.90 bits per heavy atom. The summed E-state index contributed by atoms with van der Waals surface area (Å²) in [6.45, 7) is 2.24. The van der Waals surface area contributed by atoms with Crippen LogP contribution in [0.3, 0.4) is 0 Å². The zero-order chi connectivity index (χ0) is 21.7. The first-order valence-electron chi connectivity index (χ1n) is 9.78. The number of benzene rings is 2. The van der Waals surface area contributed by atoms with E-state index in [1.165, 1.54) is 26.0 Å². The number of alkyl halides is 1. The van der Waals surface area contributed by atoms with Gasteiger partial charge in [0.25, 0.3) is 0 Å². The van der Waals surface area contributed by atoms with E-state index in [0.717, 1.165) is 29.4 Å². The van der Waals surface area contributed by atoms with Crippen LogP contribution in [0.25, 0.3) is 10.8 Å². The maximum Gasteiger partial charge on any atom is 0.335 e. The van der Waals surface area contributed by atoms with Gasteiger partial charge in [0.05, 0.1) is 7.11 Å². The lowest BCUT2D eigenvalue weighted by atomic mass is 10.0. The molecule has 2 aromatic rings. The van der Waals surface area contributed by atoms with Crippen LogP contribution in [0.15, 0.2) is 30.3 Å². The van der Waals surface area contributed by atoms with Gasteiger partial charge in [0.1, 0.15) is 11.9 Å². The van der Waals surface area contributed by atoms with Crippen LogP contribution < -0.4 is 10.1 Å². The fraction of sp³-hybridized carbons (Fsp3) is 0.455. The minimum absolute atomic E-state index is 0.249. The average molecular weight is 436 g/mol. The molecule has 3 unspecified atom stereocenters. The molecule has 1 fully saturated rings. The summed E-state index contributed by atoms with van der Waals surface area (Å²) in [7, 11) is 1.30. The highest BCUT2D eigenvalue weighted by atomic mass is 35.5. The molecule has 7 nitrogen and oxygen atoms in total. The second-order valence-corrected chi connectivity index (χ2v) is 7.02. The molecule has 0 aliphatic carbocycles. The minimum atomic E-state index is -0.841. The topological polar surface area (TPSA) is 83.1 Å². The summed E-state index contributed by atoms with van der Waals surface area (Å²) in [5, 5.41) is 5.50. The Morgan fingerprint density at radius 3 is 2.60 bits per heavy atom. The largest absolute Gasteiger partial charge is 0.467 e. The van der Waals surface area contributed by atoms with Crippen LogP contribution in [0.2, 0.25) is 0 Å². The number of fused-ring (bicyclic) bond motifs is 3. The molecule has 2 aliphatic heterocycles. The molecule has 8 heteroatoms. The van der Waals surface area contributed by atoms with Gasteiger partial charge < -0.3 is 24.3 Å². The Hall–Kier alpha value is -2.51. The highest BCUT2D eigenvalue weighted by Gasteiger charge is 2.37. The third-order valence-electron chi connectivity index (χ3n) is 5.11. The van der Waals surface area contributed by atoms with Crippen molar-refractivity contribution in [2.24, 2.45) is 0 Å². The number of esters is 2. The summed E-state index contributed by atoms with van der Waals surface area (Å²) in [5.74, 6) is -0.242. The molecule has 2 heterocycles. The minimum Gasteiger partial charge on any atom is -0.467 e. The number of carbonyl (C=O) groups excluding carboxylic acids is 2. The van der Waals surface area contributed by atoms with E-state index in [2.05, 4.69) is 23.0 Å². The molecule has 1 saturated heterocycles. The summed E-state index contributed by atoms with van der Waals surface area (Å²) >= 11 is 4.64. The van der Waals surface area contributed by atoms with Crippen molar-refractivity contribution in [3.63, 3.8) is 0 Å². The quantitative estimate of drug-likeness (QED) is 0.579. The van der Waals surface area contributed by atoms with Crippen LogP contribution in [-0.2, 0) is 30.2 Å². The summed E-state index contributed by atoms with van der Waals surface area (Å²) in [6.07, 6.45) is 0.982. The molecular formula is C22H26ClNO6. The standard InChI is InChI=1S/C21H23NO6.CH3Cl/c1-12(23)26-13-9-19(21(24)25-2)28-20(10-13)27-18-11-17-15(7-8-22-17)14-5-3-4-6-16(14)18;1-2/h3-6,11,13,19-20,22H,7-10H2,1-2H3;1H3. The van der Waals surface area contributed by atoms with E-state index in [1.54, 1.807) is 0 Å². The van der Waals surface area contributed by atoms with Crippen molar-refractivity contribution in [3.05, 3.63) is 35.9 Å². The first-order valence-corrected chi connectivity index (χ1v) is 10.5. The molecule has 2 aromatic carbocycles. The van der Waals surface area contributed by atoms with Gasteiger partial charge in [0, 0.05) is 49.8 Å². The van der Waals surface area contributed by atoms with Crippen LogP contribution >= 0.6 is 11.6 Å². The van der Waals surface area contributed by atoms with Crippen LogP contribution in [0, 0.1) is 0 Å². The molecule has 1 N–H and O–H groups in total. The number of carbonyl (C=O) groups is 2. The summed E-state index contributed by atoms with van der Waals surface area (Å²) < 4.78 is 22.1. The van der Waals surface area contributed by atoms with Gasteiger partial charge in [-0.2, -0.15) is 0 Å². The lowest BCUT2D eigenvalue weighted by molar-refractivity contribution is -0.204. The van der Waals surface area contributed by atoms with Gasteiger partial charge in [-0.15, -0.1) is 11.6 Å². The summed E-state index contributed by atoms with van der Waals surface area (Å²) in [6, 6.07) is 10.0. The van der Waals surface area contributed by atoms with Crippen LogP contribution in [-0.4, -0.2) is 50.5 Å². The first-order chi connectivity index (χ1) is 14.5. The lowest BCUT2D eigenvalue weighted by Gasteiger charge is -2.33. The average Bonchev–Trinajstić information content (AvgIpc) is 3.23. The number of nitrogens with one attached hydrogen (secondary N) is 1. The SMILES string of the molecule is CCl.COC(=O)C1CC(OC(C)=O)CC(Oc2cc3c(c4ccccc24)CCN3)O1. The Bertz CT molecular complexity index is 918. The van der Waals surface area contributed by atoms with Crippen molar-refractivity contribution in [2.45, 2.75) is 44.7 Å². The third-order valence-corrected chi connectivity index (χ3v) is 5.11. The molecule has 30 heavy (non-hydrogen) atoms. The van der Waals surface area contributed by atoms with E-state index < -0.39 is 30.4 Å². The van der Waals surface area contributed by atoms with Crippen LogP contribution in [0.1, 0.15) is 25.3 Å². The van der Waals surface area contributed by atoms with Gasteiger partial charge >= 0.3 is 11.9 Å². The van der Waals surface area contributed by atoms with Gasteiger partial charge in [-0.3, -0.25) is 4.79 Å². The molecule has 0 amide bonds. The number of hydrogen-bond donors (Lipinski definition) is 1. The number of halogens is 1. The molecule has 0 radical (unpaired) electrons. The molecule has 0 saturated carbocycles. The first kappa shape index (κ1) is 22.2. The Labute approximate surface area is 180 Å². The number of anilines is 1. The number of ether oxygens (including phenoxy) is 4. The molecule has 3 atom stereocenters. The van der Waals surface area contributed by atoms with Crippen molar-refractivity contribution >= 4 is 40.0 Å². The Kier molecular flexibility index (Phi) is 7.39. The fourth-order valence-electron chi connectivity index (χ4n) is 3.92. The van der Waals surface area contributed by atoms with Crippen molar-refractivity contribution in [3.8, 4) is 5.75 Å². The smallest absolute Gasteiger partial charge is 0.335 e. The fourth-order valence-corrected chi connectivity index (χ4v) is 3.92. The summed E-state index contributed by atoms with van der Waals surface area (Å²) in [4.78, 5) is 23.4. The van der Waals surface area contributed by atoms with E-state index in [9.17, 15) is 9.59 Å². The van der Waals surface area contributed by atoms with E-state index in [0.29, 0.717) is 12.2 Å². The van der Waals surface area contributed by atoms with Gasteiger partial charge in [-0.25, -0.2) is 4.79 Å². The highest BCUT2D eigenvalue weighted by molar-refractivity contribution is 6.15. The second-order valence-electron chi connectivity index (χ2n) is 7.02. The monoisotopic (exact) mass is 435 g/mol. The van der Waals surface area contributed by atoms with Crippen molar-refractivity contribution < 1.29 is 28.5 Å². The zero-order valence-electron chi connectivity index (χ0n) is 17.3. The van der Waals surface area contributed by atoms with Crippen molar-refractivity contribution in [1.82, 2.24) is 0 Å². The number of methoxy groups -OCH3 is 1. The van der Waals surface area contributed by atoms with Gasteiger partial charge in [0.15, 0.2) is 6.10 Å². The highest BCUT2D eigenvalue weighted by Crippen LogP contribution is 2.38. The predicted molar refractivity (Wildman–Crippen MR) is 114 cm³/mol. The zero-order valence-corrected chi connectivity index (χ0v) is 18.0. The van der Waals surface area contributed by atoms with Gasteiger partial charge in [-0.1, -0.05) is 24.3 Å². The lowest BCUT2D eigenvalue weighted by Crippen LogP contribution is -2.44. The van der Waals surface area contributed by atoms with Crippen molar-refractivity contribution in [1.29, 1.82) is 0 Å². The normalized spacial score (nSPS) is 22.2. The summed E-state index contributed by atoms with van der Waals surface area (Å²) in [5.41, 5.74) is 2.32. The molecule has 0 spiro atoms. The van der Waals surface area contributed by atoms with Crippen LogP contribution in [0.5, 0.6) is 5.75 Å². The molecule has 2 aliphatic rings. The molecular weight excluding hydrogens is 410 g/mol. The molecule has 162 valence electrons. The number of hydrogen-bond acceptors (Lipinski definition) is 7. The Balaban J connectivity index is 0.00000124. The van der Waals surface area contributed by atoms with Gasteiger partial charge in [-0.05, 0) is 17.4 Å². The van der Waals surface area contributed by atoms with E-state index in [-0.39, 0.29) is 6.42 Å². The van der Waals surface area contributed by atoms with Crippen LogP contribution in [0.4, 0.5) is 5.69 Å². The van der Waals surface area contributed by atoms with E-state index in [4.69, 9.17) is 18.9 Å².